The van der Waals surface area contributed by atoms with Gasteiger partial charge in [0.2, 0.25) is 17.7 Å². The van der Waals surface area contributed by atoms with Crippen molar-refractivity contribution in [3.05, 3.63) is 71.5 Å². The van der Waals surface area contributed by atoms with Crippen molar-refractivity contribution in [2.24, 2.45) is 22.5 Å². The number of primary amides is 1. The number of benzene rings is 2. The molecule has 2 N–H and O–H groups in total. The lowest BCUT2D eigenvalue weighted by atomic mass is 9.68. The molecule has 2 aromatic carbocycles. The van der Waals surface area contributed by atoms with E-state index in [0.29, 0.717) is 25.9 Å². The third-order valence-electron chi connectivity index (χ3n) is 8.20. The Morgan fingerprint density at radius 1 is 1.16 bits per heavy atom. The first-order valence-corrected chi connectivity index (χ1v) is 12.8. The Balaban J connectivity index is 1.56. The van der Waals surface area contributed by atoms with Crippen molar-refractivity contribution in [3.63, 3.8) is 0 Å². The Labute approximate surface area is 217 Å². The third-order valence-corrected chi connectivity index (χ3v) is 8.20. The Bertz CT molecular complexity index is 1140. The number of carbonyl (C=O) groups is 3. The molecule has 7 nitrogen and oxygen atoms in total. The maximum absolute atomic E-state index is 14.0. The lowest BCUT2D eigenvalue weighted by Gasteiger charge is -2.44. The molecule has 0 radical (unpaired) electrons. The van der Waals surface area contributed by atoms with Crippen molar-refractivity contribution in [3.8, 4) is 0 Å². The summed E-state index contributed by atoms with van der Waals surface area (Å²) in [6.45, 7) is 4.84. The molecule has 37 heavy (non-hydrogen) atoms. The number of hydrogen-bond donors (Lipinski definition) is 1. The van der Waals surface area contributed by atoms with Crippen LogP contribution in [0.2, 0.25) is 0 Å². The summed E-state index contributed by atoms with van der Waals surface area (Å²) in [5.74, 6) is -1.98. The number of piperidine rings is 1. The van der Waals surface area contributed by atoms with Gasteiger partial charge in [0.1, 0.15) is 5.82 Å². The lowest BCUT2D eigenvalue weighted by Crippen LogP contribution is -2.56. The zero-order chi connectivity index (χ0) is 26.8. The number of hydrogen-bond acceptors (Lipinski definition) is 4. The largest absolute Gasteiger partial charge is 0.376 e. The summed E-state index contributed by atoms with van der Waals surface area (Å²) in [6, 6.07) is 15.9. The molecule has 1 spiro atoms. The van der Waals surface area contributed by atoms with Gasteiger partial charge in [0.25, 0.3) is 0 Å². The molecule has 2 heterocycles. The van der Waals surface area contributed by atoms with Crippen LogP contribution >= 0.6 is 0 Å². The predicted molar refractivity (Wildman–Crippen MR) is 138 cm³/mol. The molecule has 4 rings (SSSR count). The predicted octanol–water partition coefficient (Wildman–Crippen LogP) is 3.33. The highest BCUT2D eigenvalue weighted by atomic mass is 19.1. The molecule has 8 heteroatoms. The smallest absolute Gasteiger partial charge is 0.231 e. The second-order valence-electron chi connectivity index (χ2n) is 10.9. The van der Waals surface area contributed by atoms with Crippen molar-refractivity contribution < 1.29 is 23.5 Å². The van der Waals surface area contributed by atoms with E-state index in [1.54, 1.807) is 35.8 Å². The van der Waals surface area contributed by atoms with Gasteiger partial charge in [-0.1, -0.05) is 56.3 Å². The minimum absolute atomic E-state index is 0.0222. The average molecular weight is 510 g/mol. The molecule has 0 bridgehead atoms. The van der Waals surface area contributed by atoms with Crippen LogP contribution in [0.1, 0.15) is 43.7 Å². The molecule has 2 aliphatic heterocycles. The van der Waals surface area contributed by atoms with E-state index in [2.05, 4.69) is 0 Å². The first kappa shape index (κ1) is 26.8. The van der Waals surface area contributed by atoms with Gasteiger partial charge >= 0.3 is 0 Å². The van der Waals surface area contributed by atoms with E-state index in [-0.39, 0.29) is 43.3 Å². The highest BCUT2D eigenvalue weighted by molar-refractivity contribution is 5.91. The average Bonchev–Trinajstić information content (AvgIpc) is 3.12. The monoisotopic (exact) mass is 509 g/mol. The number of ether oxygens (including phenoxy) is 1. The summed E-state index contributed by atoms with van der Waals surface area (Å²) in [5.41, 5.74) is 5.69. The second kappa shape index (κ2) is 10.6. The summed E-state index contributed by atoms with van der Waals surface area (Å²) in [7, 11) is 1.82. The second-order valence-corrected chi connectivity index (χ2v) is 10.9. The van der Waals surface area contributed by atoms with Gasteiger partial charge in [-0.15, -0.1) is 0 Å². The summed E-state index contributed by atoms with van der Waals surface area (Å²) >= 11 is 0. The van der Waals surface area contributed by atoms with E-state index in [9.17, 15) is 18.8 Å². The number of carbonyl (C=O) groups excluding carboxylic acids is 3. The maximum atomic E-state index is 14.0. The molecule has 198 valence electrons. The zero-order valence-corrected chi connectivity index (χ0v) is 21.8. The van der Waals surface area contributed by atoms with Crippen molar-refractivity contribution in [2.45, 2.75) is 39.2 Å². The summed E-state index contributed by atoms with van der Waals surface area (Å²) in [6.07, 6.45) is 1.39. The fraction of sp³-hybridized carbons (Fsp3) is 0.483. The summed E-state index contributed by atoms with van der Waals surface area (Å²) in [5, 5.41) is 0. The highest BCUT2D eigenvalue weighted by Gasteiger charge is 2.56. The van der Waals surface area contributed by atoms with Crippen LogP contribution in [0.25, 0.3) is 0 Å². The van der Waals surface area contributed by atoms with Crippen LogP contribution in [0.3, 0.4) is 0 Å². The maximum Gasteiger partial charge on any atom is 0.231 e. The van der Waals surface area contributed by atoms with Crippen LogP contribution in [0.5, 0.6) is 0 Å². The number of rotatable bonds is 8. The normalized spacial score (nSPS) is 22.9. The SMILES string of the molecule is CN1C[C@H](c2ccccc2)[C@]2(CCCN(C(=O)[C@@H](COCc3ccc(F)cc3)C(C)(C)C(N)=O)C2)C1=O. The first-order chi connectivity index (χ1) is 17.6. The molecule has 0 aliphatic carbocycles. The quantitative estimate of drug-likeness (QED) is 0.591. The van der Waals surface area contributed by atoms with Crippen molar-refractivity contribution >= 4 is 17.7 Å². The fourth-order valence-electron chi connectivity index (χ4n) is 5.76. The first-order valence-electron chi connectivity index (χ1n) is 12.8. The molecule has 0 aromatic heterocycles. The Hall–Kier alpha value is -3.26. The molecule has 0 saturated carbocycles. The Morgan fingerprint density at radius 2 is 1.84 bits per heavy atom. The number of likely N-dealkylation sites (tertiary alicyclic amines) is 2. The molecule has 2 aromatic rings. The zero-order valence-electron chi connectivity index (χ0n) is 21.8. The molecule has 2 aliphatic rings. The molecular formula is C29H36FN3O4. The van der Waals surface area contributed by atoms with Crippen LogP contribution in [0.4, 0.5) is 4.39 Å². The Kier molecular flexibility index (Phi) is 7.69. The van der Waals surface area contributed by atoms with E-state index in [4.69, 9.17) is 10.5 Å². The van der Waals surface area contributed by atoms with Gasteiger partial charge in [-0.2, -0.15) is 0 Å². The van der Waals surface area contributed by atoms with E-state index in [1.807, 2.05) is 37.4 Å². The topological polar surface area (TPSA) is 92.9 Å². The van der Waals surface area contributed by atoms with Crippen LogP contribution in [-0.2, 0) is 25.7 Å². The molecular weight excluding hydrogens is 473 g/mol. The standard InChI is InChI=1S/C29H36FN3O4/c1-28(2,26(31)35)24(18-37-17-20-10-12-22(30)13-11-20)25(34)33-15-7-14-29(19-33)23(16-32(3)27(29)36)21-8-5-4-6-9-21/h4-6,8-13,23-24H,7,14-19H2,1-3H3,(H2,31,35)/t23-,24-,29-/m1/s1. The van der Waals surface area contributed by atoms with Crippen molar-refractivity contribution in [1.82, 2.24) is 9.80 Å². The number of nitrogens with zero attached hydrogens (tertiary/aromatic N) is 2. The minimum Gasteiger partial charge on any atom is -0.376 e. The van der Waals surface area contributed by atoms with Crippen LogP contribution in [0.15, 0.2) is 54.6 Å². The number of nitrogens with two attached hydrogens (primary N) is 1. The molecule has 3 atom stereocenters. The molecule has 2 saturated heterocycles. The van der Waals surface area contributed by atoms with Crippen molar-refractivity contribution in [2.75, 3.05) is 33.3 Å². The Morgan fingerprint density at radius 3 is 2.49 bits per heavy atom. The van der Waals surface area contributed by atoms with E-state index in [1.165, 1.54) is 12.1 Å². The van der Waals surface area contributed by atoms with Crippen LogP contribution in [0, 0.1) is 22.6 Å². The van der Waals surface area contributed by atoms with Crippen molar-refractivity contribution in [1.29, 1.82) is 0 Å². The molecule has 3 amide bonds. The number of likely N-dealkylation sites (N-methyl/N-ethyl adjacent to an activating group) is 1. The van der Waals surface area contributed by atoms with Crippen LogP contribution in [-0.4, -0.2) is 60.8 Å². The number of amides is 3. The van der Waals surface area contributed by atoms with Gasteiger partial charge in [-0.25, -0.2) is 4.39 Å². The van der Waals surface area contributed by atoms with E-state index < -0.39 is 22.7 Å². The molecule has 0 unspecified atom stereocenters. The number of halogens is 1. The van der Waals surface area contributed by atoms with E-state index in [0.717, 1.165) is 11.1 Å². The third kappa shape index (κ3) is 5.25. The van der Waals surface area contributed by atoms with Gasteiger partial charge < -0.3 is 20.3 Å². The van der Waals surface area contributed by atoms with Gasteiger partial charge in [0.05, 0.1) is 30.0 Å². The minimum atomic E-state index is -1.17. The lowest BCUT2D eigenvalue weighted by molar-refractivity contribution is -0.154. The summed E-state index contributed by atoms with van der Waals surface area (Å²) in [4.78, 5) is 43.4. The van der Waals surface area contributed by atoms with E-state index >= 15 is 0 Å². The summed E-state index contributed by atoms with van der Waals surface area (Å²) < 4.78 is 19.1. The molecule has 2 fully saturated rings. The van der Waals surface area contributed by atoms with Gasteiger partial charge in [0, 0.05) is 32.6 Å². The highest BCUT2D eigenvalue weighted by Crippen LogP contribution is 2.49. The van der Waals surface area contributed by atoms with Crippen LogP contribution < -0.4 is 5.73 Å². The fourth-order valence-corrected chi connectivity index (χ4v) is 5.76. The van der Waals surface area contributed by atoms with Gasteiger partial charge in [0.15, 0.2) is 0 Å². The van der Waals surface area contributed by atoms with Gasteiger partial charge in [-0.05, 0) is 36.1 Å². The van der Waals surface area contributed by atoms with Gasteiger partial charge in [-0.3, -0.25) is 14.4 Å².